The number of carbonyl (C=O) groups is 2. The molecule has 26 heavy (non-hydrogen) atoms. The Hall–Kier alpha value is -1.92. The molecular formula is C20H30O6. The molecule has 0 bridgehead atoms. The Labute approximate surface area is 155 Å². The molecule has 1 aromatic rings. The van der Waals surface area contributed by atoms with Crippen LogP contribution in [0.5, 0.6) is 0 Å². The zero-order valence-electron chi connectivity index (χ0n) is 16.1. The van der Waals surface area contributed by atoms with Crippen molar-refractivity contribution in [3.05, 3.63) is 34.4 Å². The predicted molar refractivity (Wildman–Crippen MR) is 98.9 cm³/mol. The summed E-state index contributed by atoms with van der Waals surface area (Å²) in [7, 11) is 0. The fraction of sp³-hybridized carbons (Fsp3) is 0.600. The second kappa shape index (κ2) is 10.9. The minimum Gasteiger partial charge on any atom is -0.478 e. The summed E-state index contributed by atoms with van der Waals surface area (Å²) < 4.78 is 11.6. The molecule has 2 N–H and O–H groups in total. The summed E-state index contributed by atoms with van der Waals surface area (Å²) in [4.78, 5) is 23.5. The Morgan fingerprint density at radius 3 is 1.46 bits per heavy atom. The SMILES string of the molecule is CCCCOC(C)c1c(C(=O)O)ccc(C(=O)O)c1C(C)OCCCC. The Balaban J connectivity index is 3.40. The minimum absolute atomic E-state index is 0.0555. The van der Waals surface area contributed by atoms with E-state index >= 15 is 0 Å². The number of ether oxygens (including phenoxy) is 2. The van der Waals surface area contributed by atoms with E-state index in [1.165, 1.54) is 12.1 Å². The smallest absolute Gasteiger partial charge is 0.336 e. The van der Waals surface area contributed by atoms with Gasteiger partial charge in [0.05, 0.1) is 23.3 Å². The van der Waals surface area contributed by atoms with Crippen LogP contribution in [0.2, 0.25) is 0 Å². The first kappa shape index (κ1) is 22.1. The summed E-state index contributed by atoms with van der Waals surface area (Å²) in [6.07, 6.45) is 2.53. The van der Waals surface area contributed by atoms with E-state index in [-0.39, 0.29) is 11.1 Å². The van der Waals surface area contributed by atoms with Gasteiger partial charge in [0.2, 0.25) is 0 Å². The standard InChI is InChI=1S/C20H30O6/c1-5-7-11-25-13(3)17-15(19(21)22)9-10-16(20(23)24)18(17)14(4)26-12-8-6-2/h9-10,13-14H,5-8,11-12H2,1-4H3,(H,21,22)(H,23,24). The molecule has 0 aromatic heterocycles. The largest absolute Gasteiger partial charge is 0.478 e. The Bertz CT molecular complexity index is 558. The molecule has 0 aliphatic heterocycles. The Kier molecular flexibility index (Phi) is 9.30. The fourth-order valence-electron chi connectivity index (χ4n) is 2.86. The lowest BCUT2D eigenvalue weighted by molar-refractivity contribution is 0.0440. The fourth-order valence-corrected chi connectivity index (χ4v) is 2.86. The van der Waals surface area contributed by atoms with Gasteiger partial charge in [-0.3, -0.25) is 0 Å². The molecule has 0 heterocycles. The third-order valence-electron chi connectivity index (χ3n) is 4.29. The molecule has 0 radical (unpaired) electrons. The Morgan fingerprint density at radius 1 is 0.846 bits per heavy atom. The van der Waals surface area contributed by atoms with Crippen molar-refractivity contribution >= 4 is 11.9 Å². The van der Waals surface area contributed by atoms with Crippen LogP contribution in [0.3, 0.4) is 0 Å². The second-order valence-electron chi connectivity index (χ2n) is 6.33. The quantitative estimate of drug-likeness (QED) is 0.514. The van der Waals surface area contributed by atoms with Crippen molar-refractivity contribution in [2.75, 3.05) is 13.2 Å². The van der Waals surface area contributed by atoms with Crippen molar-refractivity contribution in [3.63, 3.8) is 0 Å². The monoisotopic (exact) mass is 366 g/mol. The van der Waals surface area contributed by atoms with Crippen molar-refractivity contribution in [1.29, 1.82) is 0 Å². The first-order chi connectivity index (χ1) is 12.3. The van der Waals surface area contributed by atoms with Gasteiger partial charge < -0.3 is 19.7 Å². The molecule has 0 aliphatic carbocycles. The summed E-state index contributed by atoms with van der Waals surface area (Å²) in [6, 6.07) is 2.67. The number of unbranched alkanes of at least 4 members (excludes halogenated alkanes) is 2. The summed E-state index contributed by atoms with van der Waals surface area (Å²) in [5.74, 6) is -2.21. The van der Waals surface area contributed by atoms with E-state index in [4.69, 9.17) is 9.47 Å². The number of aromatic carboxylic acids is 2. The lowest BCUT2D eigenvalue weighted by atomic mass is 9.89. The van der Waals surface area contributed by atoms with E-state index < -0.39 is 24.1 Å². The highest BCUT2D eigenvalue weighted by Crippen LogP contribution is 2.34. The van der Waals surface area contributed by atoms with Gasteiger partial charge >= 0.3 is 11.9 Å². The van der Waals surface area contributed by atoms with E-state index in [1.54, 1.807) is 13.8 Å². The van der Waals surface area contributed by atoms with E-state index in [1.807, 2.05) is 13.8 Å². The molecule has 0 fully saturated rings. The molecule has 2 unspecified atom stereocenters. The van der Waals surface area contributed by atoms with Crippen LogP contribution in [0, 0.1) is 0 Å². The van der Waals surface area contributed by atoms with Crippen LogP contribution in [0.1, 0.15) is 97.4 Å². The molecule has 0 spiro atoms. The molecule has 2 atom stereocenters. The first-order valence-electron chi connectivity index (χ1n) is 9.21. The molecule has 0 saturated heterocycles. The average molecular weight is 366 g/mol. The summed E-state index contributed by atoms with van der Waals surface area (Å²) >= 11 is 0. The summed E-state index contributed by atoms with van der Waals surface area (Å²) in [5.41, 5.74) is 0.884. The van der Waals surface area contributed by atoms with E-state index in [0.29, 0.717) is 24.3 Å². The van der Waals surface area contributed by atoms with Gasteiger partial charge in [-0.15, -0.1) is 0 Å². The molecule has 1 rings (SSSR count). The molecule has 6 heteroatoms. The van der Waals surface area contributed by atoms with Crippen LogP contribution in [-0.4, -0.2) is 35.4 Å². The molecule has 0 amide bonds. The minimum atomic E-state index is -1.11. The zero-order valence-corrected chi connectivity index (χ0v) is 16.1. The van der Waals surface area contributed by atoms with E-state index in [9.17, 15) is 19.8 Å². The maximum atomic E-state index is 11.7. The highest BCUT2D eigenvalue weighted by molar-refractivity contribution is 5.95. The zero-order chi connectivity index (χ0) is 19.7. The van der Waals surface area contributed by atoms with Gasteiger partial charge in [0.25, 0.3) is 0 Å². The van der Waals surface area contributed by atoms with Crippen LogP contribution in [0.15, 0.2) is 12.1 Å². The van der Waals surface area contributed by atoms with Gasteiger partial charge in [-0.25, -0.2) is 9.59 Å². The molecule has 146 valence electrons. The van der Waals surface area contributed by atoms with Crippen LogP contribution in [0.4, 0.5) is 0 Å². The molecule has 1 aromatic carbocycles. The van der Waals surface area contributed by atoms with Crippen molar-refractivity contribution in [3.8, 4) is 0 Å². The topological polar surface area (TPSA) is 93.1 Å². The molecule has 0 aliphatic rings. The van der Waals surface area contributed by atoms with Crippen LogP contribution >= 0.6 is 0 Å². The average Bonchev–Trinajstić information content (AvgIpc) is 2.60. The van der Waals surface area contributed by atoms with Crippen molar-refractivity contribution in [2.45, 2.75) is 65.6 Å². The van der Waals surface area contributed by atoms with Gasteiger partial charge in [0.1, 0.15) is 0 Å². The Morgan fingerprint density at radius 2 is 1.19 bits per heavy atom. The number of carboxylic acid groups (broad SMARTS) is 2. The normalized spacial score (nSPS) is 13.4. The van der Waals surface area contributed by atoms with Gasteiger partial charge in [-0.2, -0.15) is 0 Å². The van der Waals surface area contributed by atoms with Crippen LogP contribution in [-0.2, 0) is 9.47 Å². The van der Waals surface area contributed by atoms with Gasteiger partial charge in [0.15, 0.2) is 0 Å². The molecule has 6 nitrogen and oxygen atoms in total. The van der Waals surface area contributed by atoms with Crippen molar-refractivity contribution in [1.82, 2.24) is 0 Å². The highest BCUT2D eigenvalue weighted by Gasteiger charge is 2.28. The maximum Gasteiger partial charge on any atom is 0.336 e. The second-order valence-corrected chi connectivity index (χ2v) is 6.33. The van der Waals surface area contributed by atoms with Crippen molar-refractivity contribution < 1.29 is 29.3 Å². The number of rotatable bonds is 12. The number of hydrogen-bond donors (Lipinski definition) is 2. The first-order valence-corrected chi connectivity index (χ1v) is 9.21. The number of carboxylic acids is 2. The summed E-state index contributed by atoms with van der Waals surface area (Å²) in [5, 5.41) is 19.2. The van der Waals surface area contributed by atoms with Crippen molar-refractivity contribution in [2.24, 2.45) is 0 Å². The molecule has 0 saturated carbocycles. The lowest BCUT2D eigenvalue weighted by Crippen LogP contribution is -2.18. The predicted octanol–water partition coefficient (Wildman–Crippen LogP) is 4.84. The number of hydrogen-bond acceptors (Lipinski definition) is 4. The lowest BCUT2D eigenvalue weighted by Gasteiger charge is -2.25. The van der Waals surface area contributed by atoms with Gasteiger partial charge in [-0.1, -0.05) is 26.7 Å². The van der Waals surface area contributed by atoms with Crippen LogP contribution < -0.4 is 0 Å². The third kappa shape index (κ3) is 5.81. The third-order valence-corrected chi connectivity index (χ3v) is 4.29. The van der Waals surface area contributed by atoms with E-state index in [2.05, 4.69) is 0 Å². The number of benzene rings is 1. The highest BCUT2D eigenvalue weighted by atomic mass is 16.5. The van der Waals surface area contributed by atoms with Gasteiger partial charge in [-0.05, 0) is 38.8 Å². The van der Waals surface area contributed by atoms with E-state index in [0.717, 1.165) is 25.7 Å². The molecular weight excluding hydrogens is 336 g/mol. The maximum absolute atomic E-state index is 11.7. The van der Waals surface area contributed by atoms with Crippen LogP contribution in [0.25, 0.3) is 0 Å². The van der Waals surface area contributed by atoms with Gasteiger partial charge in [0, 0.05) is 24.3 Å². The summed E-state index contributed by atoms with van der Waals surface area (Å²) in [6.45, 7) is 8.56.